The number of hydrogen-bond donors (Lipinski definition) is 1. The first-order valence-electron chi connectivity index (χ1n) is 11.5. The molecule has 6 rings (SSSR count). The first-order chi connectivity index (χ1) is 17.5. The number of para-hydroxylation sites is 1. The van der Waals surface area contributed by atoms with E-state index in [9.17, 15) is 9.59 Å². The van der Waals surface area contributed by atoms with Crippen LogP contribution in [0.4, 0.5) is 5.82 Å². The number of carbonyl (C=O) groups excluding carboxylic acids is 2. The summed E-state index contributed by atoms with van der Waals surface area (Å²) in [5, 5.41) is 9.98. The molecule has 10 nitrogen and oxygen atoms in total. The van der Waals surface area contributed by atoms with E-state index in [4.69, 9.17) is 11.6 Å². The third-order valence-electron chi connectivity index (χ3n) is 6.47. The summed E-state index contributed by atoms with van der Waals surface area (Å²) in [6, 6.07) is 14.8. The molecule has 4 heterocycles. The Labute approximate surface area is 210 Å². The van der Waals surface area contributed by atoms with Gasteiger partial charge < -0.3 is 14.8 Å². The Bertz CT molecular complexity index is 1620. The van der Waals surface area contributed by atoms with Crippen LogP contribution in [0.2, 0.25) is 5.02 Å². The standard InChI is InChI=1S/C25H21ClN8O2/c1-15-20(18-4-2-3-5-19(18)29-15)22(35)25(36)33-12-10-32(11-13-33)23-21-24(28-14-27-23)34(31-30-21)17-8-6-16(26)7-9-17/h2-9,14,29H,10-13H2,1H3. The topological polar surface area (TPSA) is 113 Å². The van der Waals surface area contributed by atoms with Crippen LogP contribution in [-0.4, -0.2) is 72.7 Å². The molecule has 0 radical (unpaired) electrons. The molecule has 1 N–H and O–H groups in total. The van der Waals surface area contributed by atoms with Crippen LogP contribution in [0, 0.1) is 6.92 Å². The third-order valence-corrected chi connectivity index (χ3v) is 6.72. The Morgan fingerprint density at radius 2 is 1.72 bits per heavy atom. The Balaban J connectivity index is 1.21. The van der Waals surface area contributed by atoms with E-state index in [0.717, 1.165) is 16.6 Å². The maximum Gasteiger partial charge on any atom is 0.295 e. The molecule has 0 unspecified atom stereocenters. The van der Waals surface area contributed by atoms with Crippen molar-refractivity contribution in [2.24, 2.45) is 0 Å². The first-order valence-corrected chi connectivity index (χ1v) is 11.9. The van der Waals surface area contributed by atoms with Gasteiger partial charge in [-0.25, -0.2) is 9.97 Å². The molecule has 0 bridgehead atoms. The quantitative estimate of drug-likeness (QED) is 0.298. The van der Waals surface area contributed by atoms with Gasteiger partial charge in [0.15, 0.2) is 17.0 Å². The normalized spacial score (nSPS) is 14.1. The van der Waals surface area contributed by atoms with Crippen molar-refractivity contribution in [1.82, 2.24) is 34.8 Å². The Hall–Kier alpha value is -4.31. The predicted octanol–water partition coefficient (Wildman–Crippen LogP) is 3.19. The lowest BCUT2D eigenvalue weighted by atomic mass is 10.1. The molecule has 2 aromatic carbocycles. The van der Waals surface area contributed by atoms with Crippen molar-refractivity contribution in [2.75, 3.05) is 31.1 Å². The van der Waals surface area contributed by atoms with Crippen LogP contribution in [-0.2, 0) is 4.79 Å². The van der Waals surface area contributed by atoms with Gasteiger partial charge in [0, 0.05) is 47.8 Å². The van der Waals surface area contributed by atoms with E-state index < -0.39 is 11.7 Å². The molecule has 0 spiro atoms. The lowest BCUT2D eigenvalue weighted by molar-refractivity contribution is -0.126. The highest BCUT2D eigenvalue weighted by Gasteiger charge is 2.30. The zero-order valence-electron chi connectivity index (χ0n) is 19.3. The van der Waals surface area contributed by atoms with E-state index >= 15 is 0 Å². The number of aromatic nitrogens is 6. The molecular formula is C25H21ClN8O2. The van der Waals surface area contributed by atoms with Gasteiger partial charge in [0.05, 0.1) is 11.3 Å². The highest BCUT2D eigenvalue weighted by molar-refractivity contribution is 6.45. The van der Waals surface area contributed by atoms with Crippen molar-refractivity contribution in [3.05, 3.63) is 71.1 Å². The van der Waals surface area contributed by atoms with Crippen molar-refractivity contribution in [2.45, 2.75) is 6.92 Å². The van der Waals surface area contributed by atoms with Gasteiger partial charge in [-0.05, 0) is 37.3 Å². The van der Waals surface area contributed by atoms with Gasteiger partial charge in [0.25, 0.3) is 11.7 Å². The molecule has 36 heavy (non-hydrogen) atoms. The van der Waals surface area contributed by atoms with E-state index in [-0.39, 0.29) is 0 Å². The van der Waals surface area contributed by atoms with Crippen LogP contribution >= 0.6 is 11.6 Å². The minimum absolute atomic E-state index is 0.392. The highest BCUT2D eigenvalue weighted by atomic mass is 35.5. The number of halogens is 1. The van der Waals surface area contributed by atoms with E-state index in [1.54, 1.807) is 21.7 Å². The van der Waals surface area contributed by atoms with Crippen LogP contribution in [0.3, 0.4) is 0 Å². The lowest BCUT2D eigenvalue weighted by Gasteiger charge is -2.34. The number of aryl methyl sites for hydroxylation is 1. The second-order valence-corrected chi connectivity index (χ2v) is 9.06. The van der Waals surface area contributed by atoms with E-state index in [1.807, 2.05) is 48.2 Å². The number of carbonyl (C=O) groups is 2. The van der Waals surface area contributed by atoms with E-state index in [1.165, 1.54) is 6.33 Å². The molecule has 0 atom stereocenters. The van der Waals surface area contributed by atoms with Crippen LogP contribution in [0.5, 0.6) is 0 Å². The molecule has 11 heteroatoms. The number of H-pyrrole nitrogens is 1. The number of rotatable bonds is 4. The number of amides is 1. The Morgan fingerprint density at radius 3 is 2.50 bits per heavy atom. The monoisotopic (exact) mass is 500 g/mol. The average molecular weight is 501 g/mol. The van der Waals surface area contributed by atoms with Gasteiger partial charge in [-0.1, -0.05) is 35.0 Å². The number of hydrogen-bond acceptors (Lipinski definition) is 7. The molecule has 1 aliphatic rings. The molecule has 1 aliphatic heterocycles. The number of nitrogens with one attached hydrogen (secondary N) is 1. The van der Waals surface area contributed by atoms with Crippen LogP contribution < -0.4 is 4.90 Å². The summed E-state index contributed by atoms with van der Waals surface area (Å²) in [5.41, 5.74) is 3.90. The molecule has 0 aliphatic carbocycles. The zero-order chi connectivity index (χ0) is 24.8. The van der Waals surface area contributed by atoms with Crippen molar-refractivity contribution >= 4 is 51.2 Å². The first kappa shape index (κ1) is 22.2. The number of benzene rings is 2. The van der Waals surface area contributed by atoms with E-state index in [0.29, 0.717) is 59.4 Å². The Morgan fingerprint density at radius 1 is 0.972 bits per heavy atom. The van der Waals surface area contributed by atoms with Crippen LogP contribution in [0.15, 0.2) is 54.9 Å². The minimum Gasteiger partial charge on any atom is -0.358 e. The average Bonchev–Trinajstić information content (AvgIpc) is 3.49. The summed E-state index contributed by atoms with van der Waals surface area (Å²) < 4.78 is 1.64. The summed E-state index contributed by atoms with van der Waals surface area (Å²) in [4.78, 5) is 41.9. The van der Waals surface area contributed by atoms with Gasteiger partial charge in [0.1, 0.15) is 6.33 Å². The number of anilines is 1. The number of piperazine rings is 1. The van der Waals surface area contributed by atoms with E-state index in [2.05, 4.69) is 25.3 Å². The largest absolute Gasteiger partial charge is 0.358 e. The zero-order valence-corrected chi connectivity index (χ0v) is 20.1. The van der Waals surface area contributed by atoms with Gasteiger partial charge in [0.2, 0.25) is 0 Å². The van der Waals surface area contributed by atoms with Crippen molar-refractivity contribution < 1.29 is 9.59 Å². The molecule has 0 saturated carbocycles. The number of fused-ring (bicyclic) bond motifs is 2. The van der Waals surface area contributed by atoms with Gasteiger partial charge in [-0.15, -0.1) is 5.10 Å². The lowest BCUT2D eigenvalue weighted by Crippen LogP contribution is -2.51. The van der Waals surface area contributed by atoms with Crippen molar-refractivity contribution in [3.8, 4) is 5.69 Å². The number of ketones is 1. The predicted molar refractivity (Wildman–Crippen MR) is 136 cm³/mol. The SMILES string of the molecule is Cc1[nH]c2ccccc2c1C(=O)C(=O)N1CCN(c2ncnc3c2nnn3-c2ccc(Cl)cc2)CC1. The number of Topliss-reactive ketones (excluding diaryl/α,β-unsaturated/α-hetero) is 1. The summed E-state index contributed by atoms with van der Waals surface area (Å²) in [7, 11) is 0. The molecule has 3 aromatic heterocycles. The molecule has 180 valence electrons. The maximum atomic E-state index is 13.1. The second-order valence-electron chi connectivity index (χ2n) is 8.63. The third kappa shape index (κ3) is 3.66. The molecule has 1 saturated heterocycles. The molecular weight excluding hydrogens is 480 g/mol. The van der Waals surface area contributed by atoms with Crippen LogP contribution in [0.1, 0.15) is 16.1 Å². The number of nitrogens with zero attached hydrogens (tertiary/aromatic N) is 7. The summed E-state index contributed by atoms with van der Waals surface area (Å²) in [5.74, 6) is -0.344. The summed E-state index contributed by atoms with van der Waals surface area (Å²) >= 11 is 6.01. The van der Waals surface area contributed by atoms with Gasteiger partial charge in [-0.2, -0.15) is 4.68 Å². The maximum absolute atomic E-state index is 13.1. The fourth-order valence-corrected chi connectivity index (χ4v) is 4.79. The fraction of sp³-hybridized carbons (Fsp3) is 0.200. The summed E-state index contributed by atoms with van der Waals surface area (Å²) in [6.45, 7) is 3.61. The smallest absolute Gasteiger partial charge is 0.295 e. The van der Waals surface area contributed by atoms with Crippen LogP contribution in [0.25, 0.3) is 27.8 Å². The molecule has 1 fully saturated rings. The van der Waals surface area contributed by atoms with Gasteiger partial charge in [-0.3, -0.25) is 9.59 Å². The fourth-order valence-electron chi connectivity index (χ4n) is 4.67. The Kier molecular flexibility index (Phi) is 5.37. The summed E-state index contributed by atoms with van der Waals surface area (Å²) in [6.07, 6.45) is 1.48. The second kappa shape index (κ2) is 8.72. The van der Waals surface area contributed by atoms with Crippen molar-refractivity contribution in [3.63, 3.8) is 0 Å². The molecule has 5 aromatic rings. The minimum atomic E-state index is -0.496. The van der Waals surface area contributed by atoms with Gasteiger partial charge >= 0.3 is 0 Å². The highest BCUT2D eigenvalue weighted by Crippen LogP contribution is 2.26. The number of aromatic amines is 1. The molecule has 1 amide bonds. The van der Waals surface area contributed by atoms with Crippen molar-refractivity contribution in [1.29, 1.82) is 0 Å².